The minimum Gasteiger partial charge on any atom is -0.355 e. The quantitative estimate of drug-likeness (QED) is 0.821. The van der Waals surface area contributed by atoms with Crippen molar-refractivity contribution in [3.63, 3.8) is 0 Å². The number of rotatable bonds is 5. The molecule has 7 heteroatoms. The Balaban J connectivity index is 1.29. The molecule has 5 nitrogen and oxygen atoms in total. The van der Waals surface area contributed by atoms with Gasteiger partial charge in [0.25, 0.3) is 0 Å². The van der Waals surface area contributed by atoms with Crippen LogP contribution in [-0.4, -0.2) is 35.2 Å². The SMILES string of the molecule is O=C(NC1CCCC1)C1CCN(c2ccc(Sc3cccc(F)c3)nn2)CC1. The lowest BCUT2D eigenvalue weighted by molar-refractivity contribution is -0.126. The zero-order chi connectivity index (χ0) is 19.3. The van der Waals surface area contributed by atoms with E-state index in [2.05, 4.69) is 20.4 Å². The number of aromatic nitrogens is 2. The summed E-state index contributed by atoms with van der Waals surface area (Å²) in [4.78, 5) is 15.4. The predicted molar refractivity (Wildman–Crippen MR) is 108 cm³/mol. The van der Waals surface area contributed by atoms with Crippen molar-refractivity contribution < 1.29 is 9.18 Å². The number of nitrogens with one attached hydrogen (secondary N) is 1. The third-order valence-corrected chi connectivity index (χ3v) is 6.45. The van der Waals surface area contributed by atoms with Gasteiger partial charge in [-0.05, 0) is 56.0 Å². The van der Waals surface area contributed by atoms with Gasteiger partial charge in [0.05, 0.1) is 0 Å². The fourth-order valence-electron chi connectivity index (χ4n) is 3.95. The third kappa shape index (κ3) is 4.82. The number of piperidine rings is 1. The fourth-order valence-corrected chi connectivity index (χ4v) is 4.72. The molecule has 2 aliphatic rings. The third-order valence-electron chi connectivity index (χ3n) is 5.54. The van der Waals surface area contributed by atoms with Gasteiger partial charge in [-0.25, -0.2) is 4.39 Å². The Morgan fingerprint density at radius 1 is 1.07 bits per heavy atom. The highest BCUT2D eigenvalue weighted by molar-refractivity contribution is 7.99. The molecule has 0 spiro atoms. The minimum atomic E-state index is -0.255. The van der Waals surface area contributed by atoms with Crippen molar-refractivity contribution in [2.75, 3.05) is 18.0 Å². The van der Waals surface area contributed by atoms with Crippen molar-refractivity contribution in [1.29, 1.82) is 0 Å². The summed E-state index contributed by atoms with van der Waals surface area (Å²) in [5.41, 5.74) is 0. The molecule has 1 aromatic heterocycles. The molecular weight excluding hydrogens is 375 g/mol. The number of hydrogen-bond acceptors (Lipinski definition) is 5. The molecule has 2 fully saturated rings. The highest BCUT2D eigenvalue weighted by atomic mass is 32.2. The van der Waals surface area contributed by atoms with E-state index in [-0.39, 0.29) is 17.6 Å². The first-order chi connectivity index (χ1) is 13.7. The Morgan fingerprint density at radius 2 is 1.86 bits per heavy atom. The smallest absolute Gasteiger partial charge is 0.223 e. The van der Waals surface area contributed by atoms with Crippen LogP contribution in [0.2, 0.25) is 0 Å². The summed E-state index contributed by atoms with van der Waals surface area (Å²) < 4.78 is 13.3. The van der Waals surface area contributed by atoms with Crippen molar-refractivity contribution in [2.45, 2.75) is 54.5 Å². The van der Waals surface area contributed by atoms with E-state index < -0.39 is 0 Å². The average molecular weight is 401 g/mol. The fraction of sp³-hybridized carbons (Fsp3) is 0.476. The molecule has 28 heavy (non-hydrogen) atoms. The van der Waals surface area contributed by atoms with Gasteiger partial charge in [-0.15, -0.1) is 10.2 Å². The molecule has 0 bridgehead atoms. The molecule has 4 rings (SSSR count). The number of anilines is 1. The average Bonchev–Trinajstić information content (AvgIpc) is 3.22. The second-order valence-electron chi connectivity index (χ2n) is 7.54. The van der Waals surface area contributed by atoms with Crippen LogP contribution in [0, 0.1) is 11.7 Å². The molecule has 1 saturated heterocycles. The maximum atomic E-state index is 13.3. The first-order valence-corrected chi connectivity index (χ1v) is 10.8. The Hall–Kier alpha value is -2.15. The van der Waals surface area contributed by atoms with Gasteiger partial charge in [-0.3, -0.25) is 4.79 Å². The molecule has 1 aliphatic heterocycles. The molecule has 1 aliphatic carbocycles. The number of amides is 1. The molecule has 0 radical (unpaired) electrons. The van der Waals surface area contributed by atoms with Gasteiger partial charge in [0.2, 0.25) is 5.91 Å². The van der Waals surface area contributed by atoms with Gasteiger partial charge in [0.15, 0.2) is 5.82 Å². The maximum absolute atomic E-state index is 13.3. The number of carbonyl (C=O) groups excluding carboxylic acids is 1. The zero-order valence-electron chi connectivity index (χ0n) is 15.8. The summed E-state index contributed by atoms with van der Waals surface area (Å²) in [5.74, 6) is 0.903. The summed E-state index contributed by atoms with van der Waals surface area (Å²) in [6, 6.07) is 10.7. The van der Waals surface area contributed by atoms with Crippen LogP contribution in [-0.2, 0) is 4.79 Å². The van der Waals surface area contributed by atoms with Crippen molar-refractivity contribution in [2.24, 2.45) is 5.92 Å². The van der Waals surface area contributed by atoms with E-state index in [0.717, 1.165) is 54.5 Å². The Bertz CT molecular complexity index is 802. The Kier molecular flexibility index (Phi) is 6.10. The number of benzene rings is 1. The van der Waals surface area contributed by atoms with E-state index >= 15 is 0 Å². The molecule has 1 saturated carbocycles. The van der Waals surface area contributed by atoms with Crippen LogP contribution in [0.1, 0.15) is 38.5 Å². The molecule has 0 unspecified atom stereocenters. The summed E-state index contributed by atoms with van der Waals surface area (Å²) in [6.07, 6.45) is 6.41. The topological polar surface area (TPSA) is 58.1 Å². The second-order valence-corrected chi connectivity index (χ2v) is 8.63. The number of nitrogens with zero attached hydrogens (tertiary/aromatic N) is 3. The minimum absolute atomic E-state index is 0.104. The van der Waals surface area contributed by atoms with Crippen LogP contribution in [0.4, 0.5) is 10.2 Å². The molecule has 2 aromatic rings. The monoisotopic (exact) mass is 400 g/mol. The summed E-state index contributed by atoms with van der Waals surface area (Å²) >= 11 is 1.39. The normalized spacial score (nSPS) is 18.4. The summed E-state index contributed by atoms with van der Waals surface area (Å²) in [5, 5.41) is 12.6. The first-order valence-electron chi connectivity index (χ1n) is 10.00. The molecule has 1 N–H and O–H groups in total. The van der Waals surface area contributed by atoms with Crippen molar-refractivity contribution in [1.82, 2.24) is 15.5 Å². The highest BCUT2D eigenvalue weighted by Gasteiger charge is 2.28. The predicted octanol–water partition coefficient (Wildman–Crippen LogP) is 4.04. The van der Waals surface area contributed by atoms with Gasteiger partial charge < -0.3 is 10.2 Å². The van der Waals surface area contributed by atoms with E-state index in [1.165, 1.54) is 36.7 Å². The van der Waals surface area contributed by atoms with Crippen molar-refractivity contribution in [3.8, 4) is 0 Å². The second kappa shape index (κ2) is 8.90. The highest BCUT2D eigenvalue weighted by Crippen LogP contribution is 2.28. The lowest BCUT2D eigenvalue weighted by atomic mass is 9.95. The lowest BCUT2D eigenvalue weighted by Gasteiger charge is -2.32. The standard InChI is InChI=1S/C21H25FN4OS/c22-16-4-3-7-18(14-16)28-20-9-8-19(24-25-20)26-12-10-15(11-13-26)21(27)23-17-5-1-2-6-17/h3-4,7-9,14-15,17H,1-2,5-6,10-13H2,(H,23,27). The van der Waals surface area contributed by atoms with Gasteiger partial charge in [-0.2, -0.15) is 0 Å². The van der Waals surface area contributed by atoms with Crippen LogP contribution in [0.5, 0.6) is 0 Å². The maximum Gasteiger partial charge on any atom is 0.223 e. The van der Waals surface area contributed by atoms with Crippen molar-refractivity contribution >= 4 is 23.5 Å². The Labute approximate surface area is 169 Å². The largest absolute Gasteiger partial charge is 0.355 e. The first kappa shape index (κ1) is 19.2. The summed E-state index contributed by atoms with van der Waals surface area (Å²) in [7, 11) is 0. The van der Waals surface area contributed by atoms with E-state index in [4.69, 9.17) is 0 Å². The van der Waals surface area contributed by atoms with Crippen molar-refractivity contribution in [3.05, 3.63) is 42.2 Å². The Morgan fingerprint density at radius 3 is 2.54 bits per heavy atom. The molecule has 2 heterocycles. The van der Waals surface area contributed by atoms with E-state index in [1.54, 1.807) is 6.07 Å². The molecule has 1 aromatic carbocycles. The van der Waals surface area contributed by atoms with Crippen LogP contribution in [0.3, 0.4) is 0 Å². The number of hydrogen-bond donors (Lipinski definition) is 1. The molecular formula is C21H25FN4OS. The van der Waals surface area contributed by atoms with E-state index in [1.807, 2.05) is 18.2 Å². The number of halogens is 1. The lowest BCUT2D eigenvalue weighted by Crippen LogP contribution is -2.43. The van der Waals surface area contributed by atoms with Gasteiger partial charge in [-0.1, -0.05) is 30.7 Å². The zero-order valence-corrected chi connectivity index (χ0v) is 16.6. The van der Waals surface area contributed by atoms with E-state index in [9.17, 15) is 9.18 Å². The van der Waals surface area contributed by atoms with Crippen LogP contribution >= 0.6 is 11.8 Å². The molecule has 0 atom stereocenters. The van der Waals surface area contributed by atoms with Gasteiger partial charge >= 0.3 is 0 Å². The molecule has 148 valence electrons. The summed E-state index contributed by atoms with van der Waals surface area (Å²) in [6.45, 7) is 1.63. The van der Waals surface area contributed by atoms with Gasteiger partial charge in [0, 0.05) is 29.9 Å². The molecule has 1 amide bonds. The number of carbonyl (C=O) groups is 1. The van der Waals surface area contributed by atoms with E-state index in [0.29, 0.717) is 6.04 Å². The van der Waals surface area contributed by atoms with Crippen LogP contribution in [0.15, 0.2) is 46.3 Å². The van der Waals surface area contributed by atoms with Crippen LogP contribution in [0.25, 0.3) is 0 Å². The van der Waals surface area contributed by atoms with Crippen LogP contribution < -0.4 is 10.2 Å². The van der Waals surface area contributed by atoms with Gasteiger partial charge in [0.1, 0.15) is 10.8 Å².